The van der Waals surface area contributed by atoms with E-state index < -0.39 is 4.92 Å². The van der Waals surface area contributed by atoms with Crippen molar-refractivity contribution in [1.82, 2.24) is 0 Å². The molecule has 0 aromatic heterocycles. The summed E-state index contributed by atoms with van der Waals surface area (Å²) < 4.78 is 5.25. The molecule has 0 fully saturated rings. The summed E-state index contributed by atoms with van der Waals surface area (Å²) in [5.74, 6) is 5.41. The number of nitrogen functional groups attached to an aromatic ring is 1. The molecule has 0 saturated heterocycles. The number of nitro benzene ring substituents is 1. The molecule has 6 nitrogen and oxygen atoms in total. The summed E-state index contributed by atoms with van der Waals surface area (Å²) in [4.78, 5) is 10.3. The van der Waals surface area contributed by atoms with Gasteiger partial charge in [0.05, 0.1) is 11.5 Å². The van der Waals surface area contributed by atoms with Crippen LogP contribution in [-0.2, 0) is 0 Å². The quantitative estimate of drug-likeness (QED) is 0.439. The van der Waals surface area contributed by atoms with Crippen LogP contribution in [0.2, 0.25) is 0 Å². The van der Waals surface area contributed by atoms with Crippen molar-refractivity contribution in [2.75, 3.05) is 12.0 Å². The molecule has 1 aromatic rings. The summed E-state index contributed by atoms with van der Waals surface area (Å²) in [6.07, 6.45) is 0.789. The van der Waals surface area contributed by atoms with Gasteiger partial charge in [-0.25, -0.2) is 0 Å². The summed E-state index contributed by atoms with van der Waals surface area (Å²) in [7, 11) is 0. The first-order valence-corrected chi connectivity index (χ1v) is 4.57. The first-order valence-electron chi connectivity index (χ1n) is 4.57. The van der Waals surface area contributed by atoms with Crippen LogP contribution in [0, 0.1) is 10.1 Å². The third-order valence-electron chi connectivity index (χ3n) is 1.80. The van der Waals surface area contributed by atoms with Gasteiger partial charge in [0.15, 0.2) is 5.75 Å². The van der Waals surface area contributed by atoms with Crippen LogP contribution in [0.3, 0.4) is 0 Å². The lowest BCUT2D eigenvalue weighted by Crippen LogP contribution is -2.10. The van der Waals surface area contributed by atoms with Crippen LogP contribution < -0.4 is 16.0 Å². The molecule has 0 amide bonds. The van der Waals surface area contributed by atoms with Gasteiger partial charge in [0.1, 0.15) is 5.69 Å². The van der Waals surface area contributed by atoms with Gasteiger partial charge in [0.25, 0.3) is 0 Å². The Hall–Kier alpha value is -1.82. The fourth-order valence-electron chi connectivity index (χ4n) is 1.16. The molecule has 82 valence electrons. The first-order chi connectivity index (χ1) is 7.20. The summed E-state index contributed by atoms with van der Waals surface area (Å²) >= 11 is 0. The summed E-state index contributed by atoms with van der Waals surface area (Å²) in [6, 6.07) is 4.72. The second-order valence-electron chi connectivity index (χ2n) is 2.90. The van der Waals surface area contributed by atoms with Gasteiger partial charge in [0.2, 0.25) is 0 Å². The highest BCUT2D eigenvalue weighted by atomic mass is 16.6. The van der Waals surface area contributed by atoms with Crippen molar-refractivity contribution >= 4 is 11.4 Å². The molecule has 0 aliphatic rings. The van der Waals surface area contributed by atoms with Gasteiger partial charge >= 0.3 is 5.69 Å². The maximum atomic E-state index is 10.8. The van der Waals surface area contributed by atoms with Gasteiger partial charge < -0.3 is 10.2 Å². The fraction of sp³-hybridized carbons (Fsp3) is 0.333. The van der Waals surface area contributed by atoms with E-state index in [2.05, 4.69) is 5.43 Å². The molecule has 0 saturated carbocycles. The predicted molar refractivity (Wildman–Crippen MR) is 56.7 cm³/mol. The number of anilines is 1. The van der Waals surface area contributed by atoms with Crippen LogP contribution in [0.1, 0.15) is 13.3 Å². The average Bonchev–Trinajstić information content (AvgIpc) is 2.25. The molecule has 0 aliphatic carbocycles. The zero-order valence-electron chi connectivity index (χ0n) is 8.40. The number of nitrogens with zero attached hydrogens (tertiary/aromatic N) is 1. The standard InChI is InChI=1S/C9H13N3O3/c1-2-6-15-8-5-3-4-7(11-10)9(8)12(13)14/h3-5,11H,2,6,10H2,1H3. The molecule has 0 heterocycles. The number of nitrogens with two attached hydrogens (primary N) is 1. The zero-order chi connectivity index (χ0) is 11.3. The lowest BCUT2D eigenvalue weighted by Gasteiger charge is -2.07. The maximum Gasteiger partial charge on any atom is 0.335 e. The minimum atomic E-state index is -0.514. The van der Waals surface area contributed by atoms with Gasteiger partial charge in [-0.05, 0) is 18.6 Å². The third-order valence-corrected chi connectivity index (χ3v) is 1.80. The molecule has 1 aromatic carbocycles. The van der Waals surface area contributed by atoms with Gasteiger partial charge in [-0.3, -0.25) is 16.0 Å². The largest absolute Gasteiger partial charge is 0.487 e. The molecule has 0 spiro atoms. The predicted octanol–water partition coefficient (Wildman–Crippen LogP) is 1.67. The third kappa shape index (κ3) is 2.57. The second kappa shape index (κ2) is 5.16. The van der Waals surface area contributed by atoms with Crippen molar-refractivity contribution in [2.24, 2.45) is 5.84 Å². The SMILES string of the molecule is CCCOc1cccc(NN)c1[N+](=O)[O-]. The number of ether oxygens (including phenoxy) is 1. The van der Waals surface area contributed by atoms with Crippen LogP contribution in [0.15, 0.2) is 18.2 Å². The second-order valence-corrected chi connectivity index (χ2v) is 2.90. The molecule has 0 atom stereocenters. The van der Waals surface area contributed by atoms with E-state index in [-0.39, 0.29) is 17.1 Å². The topological polar surface area (TPSA) is 90.4 Å². The molecule has 3 N–H and O–H groups in total. The summed E-state index contributed by atoms with van der Waals surface area (Å²) in [5, 5.41) is 10.8. The maximum absolute atomic E-state index is 10.8. The van der Waals surface area contributed by atoms with Crippen LogP contribution in [0.25, 0.3) is 0 Å². The van der Waals surface area contributed by atoms with Crippen molar-refractivity contribution < 1.29 is 9.66 Å². The van der Waals surface area contributed by atoms with Crippen LogP contribution >= 0.6 is 0 Å². The molecule has 1 rings (SSSR count). The van der Waals surface area contributed by atoms with Crippen molar-refractivity contribution in [3.63, 3.8) is 0 Å². The van der Waals surface area contributed by atoms with Gasteiger partial charge in [-0.1, -0.05) is 13.0 Å². The molecule has 0 radical (unpaired) electrons. The lowest BCUT2D eigenvalue weighted by atomic mass is 10.2. The molecular formula is C9H13N3O3. The summed E-state index contributed by atoms with van der Waals surface area (Å²) in [5.41, 5.74) is 2.39. The van der Waals surface area contributed by atoms with Crippen molar-refractivity contribution in [3.8, 4) is 5.75 Å². The monoisotopic (exact) mass is 211 g/mol. The number of nitrogens with one attached hydrogen (secondary N) is 1. The number of para-hydroxylation sites is 1. The number of hydrazine groups is 1. The van der Waals surface area contributed by atoms with Gasteiger partial charge in [-0.2, -0.15) is 0 Å². The number of hydrogen-bond acceptors (Lipinski definition) is 5. The highest BCUT2D eigenvalue weighted by molar-refractivity contribution is 5.67. The number of rotatable bonds is 5. The number of benzene rings is 1. The summed E-state index contributed by atoms with van der Waals surface area (Å²) in [6.45, 7) is 2.37. The highest BCUT2D eigenvalue weighted by Crippen LogP contribution is 2.34. The Kier molecular flexibility index (Phi) is 3.87. The Morgan fingerprint density at radius 1 is 1.60 bits per heavy atom. The first kappa shape index (κ1) is 11.3. The molecular weight excluding hydrogens is 198 g/mol. The molecule has 6 heteroatoms. The van der Waals surface area contributed by atoms with E-state index in [9.17, 15) is 10.1 Å². The van der Waals surface area contributed by atoms with E-state index >= 15 is 0 Å². The molecule has 15 heavy (non-hydrogen) atoms. The van der Waals surface area contributed by atoms with E-state index in [0.29, 0.717) is 6.61 Å². The van der Waals surface area contributed by atoms with E-state index in [0.717, 1.165) is 6.42 Å². The van der Waals surface area contributed by atoms with Crippen LogP contribution in [0.4, 0.5) is 11.4 Å². The fourth-order valence-corrected chi connectivity index (χ4v) is 1.16. The Balaban J connectivity index is 3.07. The van der Waals surface area contributed by atoms with Crippen LogP contribution in [0.5, 0.6) is 5.75 Å². The Morgan fingerprint density at radius 3 is 2.87 bits per heavy atom. The van der Waals surface area contributed by atoms with E-state index in [4.69, 9.17) is 10.6 Å². The minimum Gasteiger partial charge on any atom is -0.487 e. The van der Waals surface area contributed by atoms with E-state index in [1.54, 1.807) is 12.1 Å². The minimum absolute atomic E-state index is 0.131. The zero-order valence-corrected chi connectivity index (χ0v) is 8.40. The van der Waals surface area contributed by atoms with Gasteiger partial charge in [-0.15, -0.1) is 0 Å². The van der Waals surface area contributed by atoms with Crippen molar-refractivity contribution in [3.05, 3.63) is 28.3 Å². The Labute approximate surface area is 87.2 Å². The number of nitro groups is 1. The Bertz CT molecular complexity index is 354. The normalized spacial score (nSPS) is 9.73. The Morgan fingerprint density at radius 2 is 2.33 bits per heavy atom. The lowest BCUT2D eigenvalue weighted by molar-refractivity contribution is -0.385. The molecule has 0 bridgehead atoms. The smallest absolute Gasteiger partial charge is 0.335 e. The van der Waals surface area contributed by atoms with Crippen molar-refractivity contribution in [2.45, 2.75) is 13.3 Å². The average molecular weight is 211 g/mol. The van der Waals surface area contributed by atoms with Crippen LogP contribution in [-0.4, -0.2) is 11.5 Å². The van der Waals surface area contributed by atoms with E-state index in [1.807, 2.05) is 6.92 Å². The molecule has 0 unspecified atom stereocenters. The molecule has 0 aliphatic heterocycles. The van der Waals surface area contributed by atoms with Gasteiger partial charge in [0, 0.05) is 0 Å². The highest BCUT2D eigenvalue weighted by Gasteiger charge is 2.19. The van der Waals surface area contributed by atoms with Crippen molar-refractivity contribution in [1.29, 1.82) is 0 Å². The van der Waals surface area contributed by atoms with E-state index in [1.165, 1.54) is 6.07 Å². The number of hydrogen-bond donors (Lipinski definition) is 2.